The summed E-state index contributed by atoms with van der Waals surface area (Å²) >= 11 is 0. The van der Waals surface area contributed by atoms with Gasteiger partial charge in [0.05, 0.1) is 24.4 Å². The quantitative estimate of drug-likeness (QED) is 0.360. The van der Waals surface area contributed by atoms with Crippen molar-refractivity contribution in [1.29, 1.82) is 5.26 Å². The number of hydrogen-bond acceptors (Lipinski definition) is 5. The van der Waals surface area contributed by atoms with Crippen LogP contribution in [0, 0.1) is 18.3 Å². The second kappa shape index (κ2) is 8.13. The number of pyridine rings is 1. The van der Waals surface area contributed by atoms with Crippen molar-refractivity contribution in [2.24, 2.45) is 0 Å². The van der Waals surface area contributed by atoms with E-state index < -0.39 is 0 Å². The zero-order valence-electron chi connectivity index (χ0n) is 18.1. The maximum atomic E-state index is 11.3. The first-order valence-electron chi connectivity index (χ1n) is 10.4. The zero-order valence-corrected chi connectivity index (χ0v) is 18.1. The summed E-state index contributed by atoms with van der Waals surface area (Å²) in [5.41, 5.74) is 4.27. The van der Waals surface area contributed by atoms with Gasteiger partial charge < -0.3 is 9.94 Å². The van der Waals surface area contributed by atoms with Gasteiger partial charge in [0.1, 0.15) is 17.1 Å². The average Bonchev–Trinajstić information content (AvgIpc) is 3.20. The molecular weight excluding hydrogens is 412 g/mol. The summed E-state index contributed by atoms with van der Waals surface area (Å²) in [5, 5.41) is 22.9. The Labute approximate surface area is 190 Å². The number of aromatic nitrogens is 3. The van der Waals surface area contributed by atoms with Crippen molar-refractivity contribution in [3.8, 4) is 45.9 Å². The predicted molar refractivity (Wildman–Crippen MR) is 127 cm³/mol. The molecule has 0 fully saturated rings. The summed E-state index contributed by atoms with van der Waals surface area (Å²) in [7, 11) is 1.64. The molecule has 0 unspecified atom stereocenters. The van der Waals surface area contributed by atoms with Crippen molar-refractivity contribution < 1.29 is 9.94 Å². The maximum Gasteiger partial charge on any atom is 0.178 e. The molecule has 0 spiro atoms. The van der Waals surface area contributed by atoms with Crippen LogP contribution in [0.3, 0.4) is 0 Å². The highest BCUT2D eigenvalue weighted by Gasteiger charge is 2.23. The fourth-order valence-corrected chi connectivity index (χ4v) is 3.97. The first-order chi connectivity index (χ1) is 16.1. The topological polar surface area (TPSA) is 84.0 Å². The number of fused-ring (bicyclic) bond motifs is 1. The number of nitrogens with zero attached hydrogens (tertiary/aromatic N) is 4. The summed E-state index contributed by atoms with van der Waals surface area (Å²) in [6.07, 6.45) is 0. The summed E-state index contributed by atoms with van der Waals surface area (Å²) in [5.74, 6) is 1.07. The Morgan fingerprint density at radius 1 is 0.909 bits per heavy atom. The Morgan fingerprint density at radius 2 is 1.70 bits per heavy atom. The van der Waals surface area contributed by atoms with Crippen LogP contribution in [0.15, 0.2) is 78.9 Å². The zero-order chi connectivity index (χ0) is 22.9. The minimum absolute atomic E-state index is 0.287. The van der Waals surface area contributed by atoms with Gasteiger partial charge in [0, 0.05) is 16.8 Å². The summed E-state index contributed by atoms with van der Waals surface area (Å²) in [6, 6.07) is 26.8. The van der Waals surface area contributed by atoms with Gasteiger partial charge in [-0.05, 0) is 60.2 Å². The molecule has 0 aliphatic rings. The molecule has 5 aromatic rings. The fourth-order valence-electron chi connectivity index (χ4n) is 3.97. The molecule has 0 saturated heterocycles. The van der Waals surface area contributed by atoms with E-state index in [4.69, 9.17) is 9.72 Å². The highest BCUT2D eigenvalue weighted by atomic mass is 16.5. The lowest BCUT2D eigenvalue weighted by Gasteiger charge is -2.08. The minimum atomic E-state index is 0.287. The molecule has 3 aromatic carbocycles. The Bertz CT molecular complexity index is 1550. The molecular formula is C27H20N4O2. The van der Waals surface area contributed by atoms with Gasteiger partial charge in [0.2, 0.25) is 0 Å². The number of imidazole rings is 1. The molecule has 0 saturated carbocycles. The van der Waals surface area contributed by atoms with Crippen LogP contribution in [0.4, 0.5) is 0 Å². The van der Waals surface area contributed by atoms with E-state index >= 15 is 0 Å². The number of ether oxygens (including phenoxy) is 1. The Balaban J connectivity index is 1.77. The highest BCUT2D eigenvalue weighted by molar-refractivity contribution is 5.91. The second-order valence-electron chi connectivity index (χ2n) is 7.69. The van der Waals surface area contributed by atoms with Gasteiger partial charge in [-0.15, -0.1) is 0 Å². The highest BCUT2D eigenvalue weighted by Crippen LogP contribution is 2.37. The summed E-state index contributed by atoms with van der Waals surface area (Å²) in [4.78, 5) is 9.43. The Hall–Kier alpha value is -4.63. The van der Waals surface area contributed by atoms with Gasteiger partial charge in [0.15, 0.2) is 5.82 Å². The average molecular weight is 432 g/mol. The first-order valence-corrected chi connectivity index (χ1v) is 10.4. The van der Waals surface area contributed by atoms with Crippen LogP contribution in [0.1, 0.15) is 11.3 Å². The number of methoxy groups -OCH3 is 1. The number of aryl methyl sites for hydroxylation is 1. The Morgan fingerprint density at radius 3 is 2.48 bits per heavy atom. The van der Waals surface area contributed by atoms with Gasteiger partial charge in [-0.2, -0.15) is 9.99 Å². The number of rotatable bonds is 4. The molecule has 6 heteroatoms. The van der Waals surface area contributed by atoms with E-state index in [-0.39, 0.29) is 5.82 Å². The minimum Gasteiger partial charge on any atom is -0.497 e. The third-order valence-corrected chi connectivity index (χ3v) is 5.59. The van der Waals surface area contributed by atoms with Gasteiger partial charge >= 0.3 is 0 Å². The largest absolute Gasteiger partial charge is 0.497 e. The smallest absolute Gasteiger partial charge is 0.178 e. The Kier molecular flexibility index (Phi) is 5.00. The lowest BCUT2D eigenvalue weighted by atomic mass is 10.0. The SMILES string of the molecule is COc1ccc2cc(-c3nc(-c4ccccc4C#N)n(O)c3-c3cccc(C)n3)ccc2c1. The maximum absolute atomic E-state index is 11.3. The summed E-state index contributed by atoms with van der Waals surface area (Å²) in [6.45, 7) is 1.90. The molecule has 2 aromatic heterocycles. The van der Waals surface area contributed by atoms with Crippen LogP contribution >= 0.6 is 0 Å². The molecule has 2 heterocycles. The third kappa shape index (κ3) is 3.56. The molecule has 5 rings (SSSR count). The van der Waals surface area contributed by atoms with E-state index in [0.29, 0.717) is 28.2 Å². The van der Waals surface area contributed by atoms with E-state index in [1.807, 2.05) is 67.6 Å². The molecule has 0 radical (unpaired) electrons. The lowest BCUT2D eigenvalue weighted by Crippen LogP contribution is -2.00. The molecule has 0 amide bonds. The first kappa shape index (κ1) is 20.3. The van der Waals surface area contributed by atoms with Gasteiger partial charge in [-0.1, -0.05) is 36.4 Å². The van der Waals surface area contributed by atoms with Crippen LogP contribution in [-0.4, -0.2) is 27.0 Å². The van der Waals surface area contributed by atoms with Gasteiger partial charge in [0.25, 0.3) is 0 Å². The lowest BCUT2D eigenvalue weighted by molar-refractivity contribution is 0.195. The van der Waals surface area contributed by atoms with Crippen LogP contribution in [0.2, 0.25) is 0 Å². The monoisotopic (exact) mass is 432 g/mol. The van der Waals surface area contributed by atoms with E-state index in [1.165, 1.54) is 0 Å². The third-order valence-electron chi connectivity index (χ3n) is 5.59. The molecule has 160 valence electrons. The van der Waals surface area contributed by atoms with E-state index in [9.17, 15) is 10.5 Å². The van der Waals surface area contributed by atoms with Crippen molar-refractivity contribution in [3.05, 3.63) is 90.1 Å². The molecule has 33 heavy (non-hydrogen) atoms. The van der Waals surface area contributed by atoms with Crippen molar-refractivity contribution in [3.63, 3.8) is 0 Å². The number of nitriles is 1. The van der Waals surface area contributed by atoms with Crippen LogP contribution < -0.4 is 4.74 Å². The second-order valence-corrected chi connectivity index (χ2v) is 7.69. The van der Waals surface area contributed by atoms with Crippen LogP contribution in [0.5, 0.6) is 5.75 Å². The normalized spacial score (nSPS) is 10.8. The van der Waals surface area contributed by atoms with E-state index in [1.54, 1.807) is 25.3 Å². The molecule has 1 N–H and O–H groups in total. The van der Waals surface area contributed by atoms with Crippen LogP contribution in [-0.2, 0) is 0 Å². The predicted octanol–water partition coefficient (Wildman–Crippen LogP) is 5.86. The molecule has 6 nitrogen and oxygen atoms in total. The molecule has 0 aliphatic carbocycles. The van der Waals surface area contributed by atoms with Gasteiger partial charge in [-0.3, -0.25) is 4.98 Å². The standard InChI is InChI=1S/C27H20N4O2/c1-17-6-5-9-24(29-17)26-25(20-11-10-19-15-22(33-2)13-12-18(19)14-20)30-27(31(26)32)23-8-4-3-7-21(23)16-28/h3-15,32H,1-2H3. The van der Waals surface area contributed by atoms with E-state index in [0.717, 1.165) is 32.5 Å². The van der Waals surface area contributed by atoms with Crippen molar-refractivity contribution in [2.45, 2.75) is 6.92 Å². The van der Waals surface area contributed by atoms with Crippen molar-refractivity contribution in [1.82, 2.24) is 14.7 Å². The fraction of sp³-hybridized carbons (Fsp3) is 0.0741. The van der Waals surface area contributed by atoms with Crippen LogP contribution in [0.25, 0.3) is 44.8 Å². The number of hydrogen-bond donors (Lipinski definition) is 1. The van der Waals surface area contributed by atoms with Crippen molar-refractivity contribution >= 4 is 10.8 Å². The number of benzene rings is 3. The molecule has 0 atom stereocenters. The van der Waals surface area contributed by atoms with Crippen molar-refractivity contribution in [2.75, 3.05) is 7.11 Å². The van der Waals surface area contributed by atoms with Gasteiger partial charge in [-0.25, -0.2) is 4.98 Å². The molecule has 0 aliphatic heterocycles. The van der Waals surface area contributed by atoms with E-state index in [2.05, 4.69) is 11.1 Å². The summed E-state index contributed by atoms with van der Waals surface area (Å²) < 4.78 is 6.37. The molecule has 0 bridgehead atoms.